The van der Waals surface area contributed by atoms with Gasteiger partial charge < -0.3 is 28.5 Å². The number of aliphatic carboxylic acids is 1. The summed E-state index contributed by atoms with van der Waals surface area (Å²) in [6, 6.07) is 0. The lowest BCUT2D eigenvalue weighted by Gasteiger charge is -2.25. The molecule has 596 valence electrons. The summed E-state index contributed by atoms with van der Waals surface area (Å²) < 4.78 is 23.1. The summed E-state index contributed by atoms with van der Waals surface area (Å²) in [5.41, 5.74) is 0. The monoisotopic (exact) mass is 1420 g/mol. The third-order valence-electron chi connectivity index (χ3n) is 21.6. The molecule has 0 spiro atoms. The van der Waals surface area contributed by atoms with E-state index in [9.17, 15) is 19.5 Å². The predicted octanol–water partition coefficient (Wildman–Crippen LogP) is 29.7. The first-order valence-electron chi connectivity index (χ1n) is 45.7. The maximum Gasteiger partial charge on any atom is 0.361 e. The lowest BCUT2D eigenvalue weighted by atomic mass is 10.0. The average molecular weight is 1420 g/mol. The van der Waals surface area contributed by atoms with E-state index in [0.29, 0.717) is 17.4 Å². The molecular formula is C91H180NO8+. The molecule has 0 aromatic heterocycles. The van der Waals surface area contributed by atoms with E-state index in [2.05, 4.69) is 13.8 Å². The third-order valence-corrected chi connectivity index (χ3v) is 21.6. The van der Waals surface area contributed by atoms with Crippen molar-refractivity contribution in [2.75, 3.05) is 47.5 Å². The fraction of sp³-hybridized carbons (Fsp3) is 0.967. The molecule has 0 aromatic carbocycles. The van der Waals surface area contributed by atoms with E-state index in [1.807, 2.05) is 21.1 Å². The van der Waals surface area contributed by atoms with Crippen molar-refractivity contribution in [1.29, 1.82) is 0 Å². The number of carboxylic acid groups (broad SMARTS) is 1. The zero-order chi connectivity index (χ0) is 72.5. The molecule has 0 heterocycles. The number of hydrogen-bond acceptors (Lipinski definition) is 7. The first-order valence-corrected chi connectivity index (χ1v) is 45.7. The molecule has 0 aliphatic carbocycles. The Kier molecular flexibility index (Phi) is 81.5. The molecule has 0 aliphatic heterocycles. The van der Waals surface area contributed by atoms with Gasteiger partial charge in [-0.1, -0.05) is 483 Å². The second-order valence-corrected chi connectivity index (χ2v) is 33.0. The van der Waals surface area contributed by atoms with Crippen molar-refractivity contribution in [2.24, 2.45) is 0 Å². The molecule has 0 saturated carbocycles. The van der Waals surface area contributed by atoms with Crippen LogP contribution in [0.4, 0.5) is 0 Å². The zero-order valence-electron chi connectivity index (χ0n) is 68.7. The molecule has 9 nitrogen and oxygen atoms in total. The first-order chi connectivity index (χ1) is 49.1. The van der Waals surface area contributed by atoms with Gasteiger partial charge in [-0.15, -0.1) is 0 Å². The van der Waals surface area contributed by atoms with Gasteiger partial charge >= 0.3 is 17.9 Å². The van der Waals surface area contributed by atoms with Crippen LogP contribution < -0.4 is 0 Å². The van der Waals surface area contributed by atoms with Crippen molar-refractivity contribution in [3.63, 3.8) is 0 Å². The van der Waals surface area contributed by atoms with Crippen LogP contribution in [0.3, 0.4) is 0 Å². The molecule has 0 rings (SSSR count). The number of esters is 2. The van der Waals surface area contributed by atoms with Crippen LogP contribution in [0, 0.1) is 0 Å². The maximum atomic E-state index is 13.0. The minimum absolute atomic E-state index is 0.171. The number of carboxylic acids is 1. The van der Waals surface area contributed by atoms with E-state index >= 15 is 0 Å². The molecule has 9 heteroatoms. The van der Waals surface area contributed by atoms with Crippen molar-refractivity contribution >= 4 is 17.9 Å². The Labute approximate surface area is 625 Å². The van der Waals surface area contributed by atoms with Crippen molar-refractivity contribution < 1.29 is 42.9 Å². The molecule has 0 saturated heterocycles. The fourth-order valence-corrected chi connectivity index (χ4v) is 14.7. The summed E-state index contributed by atoms with van der Waals surface area (Å²) in [5, 5.41) is 9.79. The van der Waals surface area contributed by atoms with E-state index in [4.69, 9.17) is 18.9 Å². The Morgan fingerprint density at radius 2 is 0.450 bits per heavy atom. The van der Waals surface area contributed by atoms with Crippen LogP contribution in [-0.2, 0) is 33.3 Å². The molecule has 0 bridgehead atoms. The Hall–Kier alpha value is -1.71. The average Bonchev–Trinajstić information content (AvgIpc) is 1.10. The normalized spacial score (nSPS) is 12.4. The van der Waals surface area contributed by atoms with E-state index in [1.54, 1.807) is 0 Å². The molecular weight excluding hydrogens is 1230 g/mol. The van der Waals surface area contributed by atoms with E-state index in [-0.39, 0.29) is 38.2 Å². The summed E-state index contributed by atoms with van der Waals surface area (Å²) in [5.74, 6) is -1.96. The van der Waals surface area contributed by atoms with E-state index in [0.717, 1.165) is 38.5 Å². The Bertz CT molecular complexity index is 1600. The van der Waals surface area contributed by atoms with Gasteiger partial charge in [0.25, 0.3) is 6.29 Å². The van der Waals surface area contributed by atoms with Crippen molar-refractivity contribution in [1.82, 2.24) is 0 Å². The predicted molar refractivity (Wildman–Crippen MR) is 434 cm³/mol. The summed E-state index contributed by atoms with van der Waals surface area (Å²) in [4.78, 5) is 37.8. The minimum Gasteiger partial charge on any atom is -0.477 e. The molecule has 2 unspecified atom stereocenters. The minimum atomic E-state index is -1.51. The number of nitrogens with zero attached hydrogens (tertiary/aromatic N) is 1. The van der Waals surface area contributed by atoms with E-state index in [1.165, 1.54) is 443 Å². The third kappa shape index (κ3) is 83.6. The Morgan fingerprint density at radius 1 is 0.260 bits per heavy atom. The van der Waals surface area contributed by atoms with Gasteiger partial charge in [0.15, 0.2) is 6.10 Å². The maximum absolute atomic E-state index is 13.0. The van der Waals surface area contributed by atoms with Crippen LogP contribution in [0.15, 0.2) is 0 Å². The van der Waals surface area contributed by atoms with Gasteiger partial charge in [-0.25, -0.2) is 4.79 Å². The van der Waals surface area contributed by atoms with Crippen LogP contribution in [-0.4, -0.2) is 87.4 Å². The highest BCUT2D eigenvalue weighted by molar-refractivity contribution is 5.71. The van der Waals surface area contributed by atoms with E-state index < -0.39 is 18.4 Å². The number of hydrogen-bond donors (Lipinski definition) is 1. The van der Waals surface area contributed by atoms with Crippen LogP contribution in [0.5, 0.6) is 0 Å². The fourth-order valence-electron chi connectivity index (χ4n) is 14.7. The van der Waals surface area contributed by atoms with Gasteiger partial charge in [-0.3, -0.25) is 9.59 Å². The van der Waals surface area contributed by atoms with Gasteiger partial charge in [-0.05, 0) is 12.8 Å². The van der Waals surface area contributed by atoms with Crippen molar-refractivity contribution in [3.05, 3.63) is 0 Å². The van der Waals surface area contributed by atoms with Crippen LogP contribution in [0.1, 0.15) is 508 Å². The summed E-state index contributed by atoms with van der Waals surface area (Å²) in [6.45, 7) is 5.00. The Balaban J connectivity index is 3.86. The first kappa shape index (κ1) is 98.3. The molecule has 1 N–H and O–H groups in total. The van der Waals surface area contributed by atoms with Crippen molar-refractivity contribution in [3.8, 4) is 0 Å². The topological polar surface area (TPSA) is 108 Å². The lowest BCUT2D eigenvalue weighted by Crippen LogP contribution is -2.40. The number of carbonyl (C=O) groups excluding carboxylic acids is 2. The molecule has 0 aromatic rings. The highest BCUT2D eigenvalue weighted by atomic mass is 16.7. The highest BCUT2D eigenvalue weighted by Crippen LogP contribution is 2.22. The number of rotatable bonds is 88. The zero-order valence-corrected chi connectivity index (χ0v) is 68.7. The van der Waals surface area contributed by atoms with Crippen molar-refractivity contribution in [2.45, 2.75) is 521 Å². The highest BCUT2D eigenvalue weighted by Gasteiger charge is 2.25. The molecule has 0 aliphatic rings. The van der Waals surface area contributed by atoms with Crippen LogP contribution in [0.2, 0.25) is 0 Å². The van der Waals surface area contributed by atoms with Gasteiger partial charge in [-0.2, -0.15) is 0 Å². The Morgan fingerprint density at radius 3 is 0.640 bits per heavy atom. The number of likely N-dealkylation sites (N-methyl/N-ethyl adjacent to an activating group) is 1. The largest absolute Gasteiger partial charge is 0.477 e. The molecule has 0 fully saturated rings. The number of ether oxygens (including phenoxy) is 4. The van der Waals surface area contributed by atoms with Gasteiger partial charge in [0.1, 0.15) is 13.2 Å². The molecule has 100 heavy (non-hydrogen) atoms. The second kappa shape index (κ2) is 82.9. The number of carbonyl (C=O) groups is 3. The summed E-state index contributed by atoms with van der Waals surface area (Å²) in [6.07, 6.45) is 102. The van der Waals surface area contributed by atoms with Gasteiger partial charge in [0.2, 0.25) is 0 Å². The quantitative estimate of drug-likeness (QED) is 0.0278. The van der Waals surface area contributed by atoms with Crippen LogP contribution in [0.25, 0.3) is 0 Å². The van der Waals surface area contributed by atoms with Gasteiger partial charge in [0, 0.05) is 12.8 Å². The number of unbranched alkanes of at least 4 members (excludes halogenated alkanes) is 73. The molecule has 0 amide bonds. The summed E-state index contributed by atoms with van der Waals surface area (Å²) in [7, 11) is 6.01. The van der Waals surface area contributed by atoms with Gasteiger partial charge in [0.05, 0.1) is 34.4 Å². The smallest absolute Gasteiger partial charge is 0.361 e. The summed E-state index contributed by atoms with van der Waals surface area (Å²) >= 11 is 0. The molecule has 0 radical (unpaired) electrons. The number of quaternary nitrogens is 1. The second-order valence-electron chi connectivity index (χ2n) is 33.0. The lowest BCUT2D eigenvalue weighted by molar-refractivity contribution is -0.870. The van der Waals surface area contributed by atoms with Crippen LogP contribution >= 0.6 is 0 Å². The standard InChI is InChI=1S/C91H179NO8/c1-6-8-10-12-14-16-18-20-22-24-26-28-30-32-34-36-38-40-42-43-44-45-46-48-50-52-54-56-58-60-62-64-66-68-70-72-74-76-78-80-82-89(94)100-87(86-99-91(90(95)96)97-84-83-92(3,4)5)85-98-88(93)81-79-77-75-73-71-69-67-65-63-61-59-57-55-53-51-49-47-41-39-37-35-33-31-29-27-25-23-21-19-17-15-13-11-9-7-2/h87,91H,6-86H2,1-5H3/p+1. The molecule has 2 atom stereocenters. The SMILES string of the molecule is CCCCCCCCCCCCCCCCCCCCCCCCCCCCCCCCCCCCCCCCCCC(=O)OC(COC(=O)CCCCCCCCCCCCCCCCCCCCCCCCCCCCCCCCCCCCC)COC(OCC[N+](C)(C)C)C(=O)O.